The molecule has 5 nitrogen and oxygen atoms in total. The van der Waals surface area contributed by atoms with Gasteiger partial charge in [0.2, 0.25) is 11.8 Å². The van der Waals surface area contributed by atoms with Crippen LogP contribution in [-0.4, -0.2) is 22.9 Å². The van der Waals surface area contributed by atoms with Gasteiger partial charge in [-0.1, -0.05) is 23.7 Å². The van der Waals surface area contributed by atoms with Gasteiger partial charge in [0.15, 0.2) is 0 Å². The average molecular weight is 521 g/mol. The SMILES string of the molecule is COc1ccc2c(n1)C(CC(=O)CC(Cc1cc(F)cc(F)c1)c1cnc(-c3ccc(Cl)cc3)o1)=CC2. The minimum atomic E-state index is -0.674. The van der Waals surface area contributed by atoms with Crippen molar-refractivity contribution in [2.75, 3.05) is 7.11 Å². The van der Waals surface area contributed by atoms with Crippen LogP contribution >= 0.6 is 11.6 Å². The number of ketones is 1. The van der Waals surface area contributed by atoms with Crippen LogP contribution in [0.4, 0.5) is 8.78 Å². The maximum atomic E-state index is 13.9. The monoisotopic (exact) mass is 520 g/mol. The zero-order valence-corrected chi connectivity index (χ0v) is 20.8. The zero-order chi connectivity index (χ0) is 25.9. The van der Waals surface area contributed by atoms with E-state index in [0.29, 0.717) is 34.5 Å². The molecule has 1 aliphatic rings. The van der Waals surface area contributed by atoms with E-state index in [9.17, 15) is 13.6 Å². The normalized spacial score (nSPS) is 13.2. The molecule has 0 saturated heterocycles. The average Bonchev–Trinajstić information content (AvgIpc) is 3.51. The minimum Gasteiger partial charge on any atom is -0.481 e. The molecule has 1 unspecified atom stereocenters. The third kappa shape index (κ3) is 5.78. The molecule has 0 bridgehead atoms. The van der Waals surface area contributed by atoms with E-state index in [0.717, 1.165) is 28.5 Å². The lowest BCUT2D eigenvalue weighted by atomic mass is 9.90. The molecule has 8 heteroatoms. The molecule has 2 aromatic carbocycles. The molecular weight excluding hydrogens is 498 g/mol. The second-order valence-corrected chi connectivity index (χ2v) is 9.40. The molecular formula is C29H23ClF2N2O3. The zero-order valence-electron chi connectivity index (χ0n) is 20.0. The Morgan fingerprint density at radius 3 is 2.59 bits per heavy atom. The van der Waals surface area contributed by atoms with Gasteiger partial charge in [-0.15, -0.1) is 0 Å². The third-order valence-electron chi connectivity index (χ3n) is 6.32. The van der Waals surface area contributed by atoms with Gasteiger partial charge in [0, 0.05) is 41.5 Å². The lowest BCUT2D eigenvalue weighted by molar-refractivity contribution is -0.118. The van der Waals surface area contributed by atoms with Crippen molar-refractivity contribution in [1.29, 1.82) is 0 Å². The highest BCUT2D eigenvalue weighted by atomic mass is 35.5. The van der Waals surface area contributed by atoms with E-state index >= 15 is 0 Å². The van der Waals surface area contributed by atoms with Crippen LogP contribution in [0, 0.1) is 11.6 Å². The summed E-state index contributed by atoms with van der Waals surface area (Å²) in [5, 5.41) is 0.585. The van der Waals surface area contributed by atoms with Gasteiger partial charge < -0.3 is 9.15 Å². The van der Waals surface area contributed by atoms with E-state index in [1.807, 2.05) is 12.1 Å². The Morgan fingerprint density at radius 1 is 1.11 bits per heavy atom. The largest absolute Gasteiger partial charge is 0.481 e. The summed E-state index contributed by atoms with van der Waals surface area (Å²) in [4.78, 5) is 22.1. The van der Waals surface area contributed by atoms with Gasteiger partial charge in [-0.3, -0.25) is 4.79 Å². The van der Waals surface area contributed by atoms with Gasteiger partial charge in [-0.2, -0.15) is 0 Å². The minimum absolute atomic E-state index is 0.0463. The van der Waals surface area contributed by atoms with Gasteiger partial charge in [0.1, 0.15) is 23.2 Å². The molecule has 188 valence electrons. The fourth-order valence-corrected chi connectivity index (χ4v) is 4.69. The number of hydrogen-bond donors (Lipinski definition) is 0. The smallest absolute Gasteiger partial charge is 0.226 e. The molecule has 2 heterocycles. The summed E-state index contributed by atoms with van der Waals surface area (Å²) in [7, 11) is 1.55. The number of hydrogen-bond acceptors (Lipinski definition) is 5. The second-order valence-electron chi connectivity index (χ2n) is 8.97. The molecule has 0 N–H and O–H groups in total. The van der Waals surface area contributed by atoms with Gasteiger partial charge in [-0.25, -0.2) is 18.7 Å². The van der Waals surface area contributed by atoms with E-state index in [2.05, 4.69) is 9.97 Å². The van der Waals surface area contributed by atoms with Gasteiger partial charge in [0.25, 0.3) is 0 Å². The van der Waals surface area contributed by atoms with E-state index in [4.69, 9.17) is 20.8 Å². The number of fused-ring (bicyclic) bond motifs is 1. The van der Waals surface area contributed by atoms with Crippen LogP contribution < -0.4 is 4.74 Å². The van der Waals surface area contributed by atoms with Crippen molar-refractivity contribution in [1.82, 2.24) is 9.97 Å². The number of rotatable bonds is 9. The highest BCUT2D eigenvalue weighted by molar-refractivity contribution is 6.30. The Bertz CT molecular complexity index is 1460. The summed E-state index contributed by atoms with van der Waals surface area (Å²) < 4.78 is 39.1. The van der Waals surface area contributed by atoms with Crippen molar-refractivity contribution < 1.29 is 22.7 Å². The molecule has 0 spiro atoms. The number of carbonyl (C=O) groups is 1. The number of carbonyl (C=O) groups excluding carboxylic acids is 1. The Hall–Kier alpha value is -3.84. The van der Waals surface area contributed by atoms with Crippen molar-refractivity contribution in [3.05, 3.63) is 106 Å². The molecule has 1 aliphatic carbocycles. The Kier molecular flexibility index (Phi) is 7.15. The maximum absolute atomic E-state index is 13.9. The summed E-state index contributed by atoms with van der Waals surface area (Å²) in [5.74, 6) is -0.542. The number of halogens is 3. The quantitative estimate of drug-likeness (QED) is 0.238. The molecule has 5 rings (SSSR count). The molecule has 4 aromatic rings. The summed E-state index contributed by atoms with van der Waals surface area (Å²) >= 11 is 5.98. The second kappa shape index (κ2) is 10.6. The number of allylic oxidation sites excluding steroid dienone is 2. The number of benzene rings is 2. The highest BCUT2D eigenvalue weighted by Gasteiger charge is 2.25. The van der Waals surface area contributed by atoms with Crippen molar-refractivity contribution >= 4 is 23.0 Å². The van der Waals surface area contributed by atoms with Crippen LogP contribution in [0.25, 0.3) is 17.0 Å². The molecule has 0 saturated carbocycles. The Labute approximate surface area is 217 Å². The summed E-state index contributed by atoms with van der Waals surface area (Å²) in [5.41, 5.74) is 3.80. The summed E-state index contributed by atoms with van der Waals surface area (Å²) in [6.07, 6.45) is 4.75. The van der Waals surface area contributed by atoms with Crippen molar-refractivity contribution in [3.63, 3.8) is 0 Å². The first kappa shape index (κ1) is 24.8. The Morgan fingerprint density at radius 2 is 1.86 bits per heavy atom. The van der Waals surface area contributed by atoms with Gasteiger partial charge in [0.05, 0.1) is 19.0 Å². The van der Waals surface area contributed by atoms with E-state index in [-0.39, 0.29) is 25.0 Å². The summed E-state index contributed by atoms with van der Waals surface area (Å²) in [6, 6.07) is 14.1. The lowest BCUT2D eigenvalue weighted by Gasteiger charge is -2.15. The number of Topliss-reactive ketones (excluding diaryl/α,β-unsaturated/α-hetero) is 1. The molecule has 0 fully saturated rings. The van der Waals surface area contributed by atoms with Crippen LogP contribution in [0.2, 0.25) is 5.02 Å². The first-order valence-electron chi connectivity index (χ1n) is 11.8. The van der Waals surface area contributed by atoms with E-state index < -0.39 is 17.6 Å². The fourth-order valence-electron chi connectivity index (χ4n) is 4.56. The van der Waals surface area contributed by atoms with Crippen molar-refractivity contribution in [2.45, 2.75) is 31.6 Å². The number of oxazole rings is 1. The molecule has 2 aromatic heterocycles. The first-order chi connectivity index (χ1) is 17.9. The maximum Gasteiger partial charge on any atom is 0.226 e. The molecule has 0 radical (unpaired) electrons. The van der Waals surface area contributed by atoms with E-state index in [1.165, 1.54) is 12.1 Å². The van der Waals surface area contributed by atoms with Crippen LogP contribution in [0.1, 0.15) is 41.3 Å². The van der Waals surface area contributed by atoms with Gasteiger partial charge in [-0.05, 0) is 65.9 Å². The lowest BCUT2D eigenvalue weighted by Crippen LogP contribution is -2.10. The van der Waals surface area contributed by atoms with Crippen LogP contribution in [0.5, 0.6) is 5.88 Å². The molecule has 0 amide bonds. The van der Waals surface area contributed by atoms with Crippen LogP contribution in [-0.2, 0) is 17.6 Å². The predicted molar refractivity (Wildman–Crippen MR) is 136 cm³/mol. The fraction of sp³-hybridized carbons (Fsp3) is 0.207. The summed E-state index contributed by atoms with van der Waals surface area (Å²) in [6.45, 7) is 0. The predicted octanol–water partition coefficient (Wildman–Crippen LogP) is 6.99. The molecule has 1 atom stereocenters. The van der Waals surface area contributed by atoms with Crippen LogP contribution in [0.15, 0.2) is 71.3 Å². The number of nitrogens with zero attached hydrogens (tertiary/aromatic N) is 2. The number of methoxy groups -OCH3 is 1. The van der Waals surface area contributed by atoms with E-state index in [1.54, 1.807) is 43.6 Å². The number of pyridine rings is 1. The Balaban J connectivity index is 1.39. The third-order valence-corrected chi connectivity index (χ3v) is 6.57. The highest BCUT2D eigenvalue weighted by Crippen LogP contribution is 2.34. The topological polar surface area (TPSA) is 65.2 Å². The van der Waals surface area contributed by atoms with Crippen molar-refractivity contribution in [2.24, 2.45) is 0 Å². The first-order valence-corrected chi connectivity index (χ1v) is 12.2. The number of aromatic nitrogens is 2. The molecule has 0 aliphatic heterocycles. The van der Waals surface area contributed by atoms with Crippen LogP contribution in [0.3, 0.4) is 0 Å². The standard InChI is InChI=1S/C29H23ClF2N2O3/c1-36-27-9-6-18-2-3-20(28(18)34-27)13-25(35)14-21(10-17-11-23(31)15-24(32)12-17)26-16-33-29(37-26)19-4-7-22(30)8-5-19/h3-9,11-12,15-16,21H,2,10,13-14H2,1H3. The number of ether oxygens (including phenoxy) is 1. The van der Waals surface area contributed by atoms with Crippen molar-refractivity contribution in [3.8, 4) is 17.3 Å². The molecule has 37 heavy (non-hydrogen) atoms. The van der Waals surface area contributed by atoms with Gasteiger partial charge >= 0.3 is 0 Å².